The molecule has 4 heteroatoms. The zero-order valence-corrected chi connectivity index (χ0v) is 7.59. The highest BCUT2D eigenvalue weighted by atomic mass is 16.3. The van der Waals surface area contributed by atoms with Gasteiger partial charge in [-0.3, -0.25) is 10.6 Å². The van der Waals surface area contributed by atoms with Crippen molar-refractivity contribution in [2.45, 2.75) is 12.8 Å². The summed E-state index contributed by atoms with van der Waals surface area (Å²) in [6.45, 7) is 1.88. The van der Waals surface area contributed by atoms with Crippen LogP contribution in [0.25, 0.3) is 0 Å². The van der Waals surface area contributed by atoms with Crippen LogP contribution in [0.2, 0.25) is 0 Å². The van der Waals surface area contributed by atoms with Crippen molar-refractivity contribution >= 4 is 0 Å². The molecule has 0 bridgehead atoms. The Morgan fingerprint density at radius 2 is 2.09 bits per heavy atom. The molecule has 0 aromatic rings. The van der Waals surface area contributed by atoms with Crippen molar-refractivity contribution in [2.75, 3.05) is 34.2 Å². The molecule has 0 saturated carbocycles. The van der Waals surface area contributed by atoms with Crippen LogP contribution in [0.4, 0.5) is 0 Å². The van der Waals surface area contributed by atoms with Crippen LogP contribution in [0.15, 0.2) is 0 Å². The zero-order valence-electron chi connectivity index (χ0n) is 7.59. The fourth-order valence-electron chi connectivity index (χ4n) is 0.736. The number of rotatable bonds is 6. The Kier molecular flexibility index (Phi) is 6.45. The molecule has 0 spiro atoms. The smallest absolute Gasteiger partial charge is 0.160 e. The molecule has 0 radical (unpaired) electrons. The summed E-state index contributed by atoms with van der Waals surface area (Å²) < 4.78 is 0. The van der Waals surface area contributed by atoms with Gasteiger partial charge in [-0.1, -0.05) is 0 Å². The Morgan fingerprint density at radius 1 is 1.45 bits per heavy atom. The number of aliphatic hydroxyl groups is 1. The van der Waals surface area contributed by atoms with Gasteiger partial charge in [-0.05, 0) is 40.7 Å². The van der Waals surface area contributed by atoms with Crippen LogP contribution in [0.1, 0.15) is 6.42 Å². The van der Waals surface area contributed by atoms with E-state index in [-0.39, 0.29) is 0 Å². The van der Waals surface area contributed by atoms with Crippen LogP contribution in [0.3, 0.4) is 0 Å². The summed E-state index contributed by atoms with van der Waals surface area (Å²) in [5.41, 5.74) is 0. The highest BCUT2D eigenvalue weighted by Gasteiger charge is 1.96. The molecule has 0 amide bonds. The number of aliphatic hydroxyl groups excluding tert-OH is 1. The standard InChI is InChI=1S/C7H19N3O/c1-8-7(11)9-5-4-6-10(2)3/h7-9,11H,4-6H2,1-3H3/t7-/m1/s1. The van der Waals surface area contributed by atoms with Gasteiger partial charge in [-0.25, -0.2) is 0 Å². The molecule has 4 nitrogen and oxygen atoms in total. The highest BCUT2D eigenvalue weighted by molar-refractivity contribution is 4.50. The second kappa shape index (κ2) is 6.54. The fourth-order valence-corrected chi connectivity index (χ4v) is 0.736. The zero-order chi connectivity index (χ0) is 8.69. The predicted octanol–water partition coefficient (Wildman–Crippen LogP) is -0.977. The van der Waals surface area contributed by atoms with Gasteiger partial charge >= 0.3 is 0 Å². The Hall–Kier alpha value is -0.160. The molecule has 0 aliphatic carbocycles. The Balaban J connectivity index is 3.01. The first kappa shape index (κ1) is 10.8. The van der Waals surface area contributed by atoms with E-state index in [1.165, 1.54) is 0 Å². The Morgan fingerprint density at radius 3 is 2.55 bits per heavy atom. The van der Waals surface area contributed by atoms with Gasteiger partial charge in [0.2, 0.25) is 0 Å². The lowest BCUT2D eigenvalue weighted by Gasteiger charge is -2.13. The third-order valence-electron chi connectivity index (χ3n) is 1.39. The minimum absolute atomic E-state index is 0.572. The monoisotopic (exact) mass is 161 g/mol. The number of nitrogens with zero attached hydrogens (tertiary/aromatic N) is 1. The van der Waals surface area contributed by atoms with Crippen LogP contribution in [-0.2, 0) is 0 Å². The first-order chi connectivity index (χ1) is 5.16. The lowest BCUT2D eigenvalue weighted by Crippen LogP contribution is -2.40. The summed E-state index contributed by atoms with van der Waals surface area (Å²) >= 11 is 0. The average Bonchev–Trinajstić information content (AvgIpc) is 1.97. The van der Waals surface area contributed by atoms with Gasteiger partial charge in [0.1, 0.15) is 0 Å². The largest absolute Gasteiger partial charge is 0.365 e. The molecule has 0 aliphatic heterocycles. The molecule has 0 heterocycles. The molecule has 3 N–H and O–H groups in total. The Bertz CT molecular complexity index is 87.8. The first-order valence-corrected chi connectivity index (χ1v) is 3.90. The third kappa shape index (κ3) is 7.74. The van der Waals surface area contributed by atoms with Gasteiger partial charge in [-0.15, -0.1) is 0 Å². The first-order valence-electron chi connectivity index (χ1n) is 3.90. The number of hydrogen-bond donors (Lipinski definition) is 3. The molecule has 0 fully saturated rings. The van der Waals surface area contributed by atoms with E-state index in [4.69, 9.17) is 5.11 Å². The lowest BCUT2D eigenvalue weighted by molar-refractivity contribution is 0.109. The van der Waals surface area contributed by atoms with E-state index in [2.05, 4.69) is 15.5 Å². The summed E-state index contributed by atoms with van der Waals surface area (Å²) in [4.78, 5) is 2.12. The Labute approximate surface area is 68.6 Å². The van der Waals surface area contributed by atoms with Gasteiger partial charge in [0.15, 0.2) is 6.35 Å². The molecular weight excluding hydrogens is 142 g/mol. The second-order valence-electron chi connectivity index (χ2n) is 2.80. The summed E-state index contributed by atoms with van der Waals surface area (Å²) in [7, 11) is 5.78. The topological polar surface area (TPSA) is 47.5 Å². The molecule has 0 aromatic carbocycles. The quantitative estimate of drug-likeness (QED) is 0.346. The molecule has 0 rings (SSSR count). The maximum Gasteiger partial charge on any atom is 0.160 e. The number of nitrogens with one attached hydrogen (secondary N) is 2. The molecule has 0 unspecified atom stereocenters. The molecular formula is C7H19N3O. The van der Waals surface area contributed by atoms with Gasteiger partial charge in [0.05, 0.1) is 0 Å². The van der Waals surface area contributed by atoms with Gasteiger partial charge in [-0.2, -0.15) is 0 Å². The van der Waals surface area contributed by atoms with Crippen molar-refractivity contribution in [1.82, 2.24) is 15.5 Å². The molecule has 1 atom stereocenters. The normalized spacial score (nSPS) is 13.9. The molecule has 0 saturated heterocycles. The lowest BCUT2D eigenvalue weighted by atomic mass is 10.4. The van der Waals surface area contributed by atoms with Gasteiger partial charge < -0.3 is 10.0 Å². The van der Waals surface area contributed by atoms with E-state index in [9.17, 15) is 0 Å². The maximum atomic E-state index is 8.99. The van der Waals surface area contributed by atoms with Crippen molar-refractivity contribution < 1.29 is 5.11 Å². The van der Waals surface area contributed by atoms with Gasteiger partial charge in [0.25, 0.3) is 0 Å². The van der Waals surface area contributed by atoms with Crippen molar-refractivity contribution in [3.63, 3.8) is 0 Å². The second-order valence-corrected chi connectivity index (χ2v) is 2.80. The SMILES string of the molecule is CN[C@@H](O)NCCCN(C)C. The van der Waals surface area contributed by atoms with E-state index < -0.39 is 6.35 Å². The van der Waals surface area contributed by atoms with E-state index in [0.717, 1.165) is 19.5 Å². The van der Waals surface area contributed by atoms with E-state index in [1.807, 2.05) is 14.1 Å². The van der Waals surface area contributed by atoms with E-state index >= 15 is 0 Å². The van der Waals surface area contributed by atoms with Crippen LogP contribution >= 0.6 is 0 Å². The van der Waals surface area contributed by atoms with Crippen LogP contribution in [0, 0.1) is 0 Å². The summed E-state index contributed by atoms with van der Waals surface area (Å²) in [6, 6.07) is 0. The highest BCUT2D eigenvalue weighted by Crippen LogP contribution is 1.80. The van der Waals surface area contributed by atoms with E-state index in [0.29, 0.717) is 0 Å². The van der Waals surface area contributed by atoms with Crippen LogP contribution < -0.4 is 10.6 Å². The number of hydrogen-bond acceptors (Lipinski definition) is 4. The van der Waals surface area contributed by atoms with Crippen molar-refractivity contribution in [2.24, 2.45) is 0 Å². The van der Waals surface area contributed by atoms with Gasteiger partial charge in [0, 0.05) is 0 Å². The van der Waals surface area contributed by atoms with Crippen LogP contribution in [0.5, 0.6) is 0 Å². The average molecular weight is 161 g/mol. The van der Waals surface area contributed by atoms with Crippen LogP contribution in [-0.4, -0.2) is 50.6 Å². The molecule has 68 valence electrons. The summed E-state index contributed by atoms with van der Waals surface area (Å²) in [5, 5.41) is 14.6. The minimum atomic E-state index is -0.572. The molecule has 0 aliphatic rings. The predicted molar refractivity (Wildman–Crippen MR) is 46.2 cm³/mol. The minimum Gasteiger partial charge on any atom is -0.365 e. The van der Waals surface area contributed by atoms with E-state index in [1.54, 1.807) is 7.05 Å². The molecule has 11 heavy (non-hydrogen) atoms. The van der Waals surface area contributed by atoms with Crippen molar-refractivity contribution in [1.29, 1.82) is 0 Å². The van der Waals surface area contributed by atoms with Crippen molar-refractivity contribution in [3.8, 4) is 0 Å². The van der Waals surface area contributed by atoms with Crippen molar-refractivity contribution in [3.05, 3.63) is 0 Å². The summed E-state index contributed by atoms with van der Waals surface area (Å²) in [6.07, 6.45) is 0.475. The maximum absolute atomic E-state index is 8.99. The fraction of sp³-hybridized carbons (Fsp3) is 1.00. The third-order valence-corrected chi connectivity index (χ3v) is 1.39. The molecule has 0 aromatic heterocycles. The summed E-state index contributed by atoms with van der Waals surface area (Å²) in [5.74, 6) is 0.